The lowest BCUT2D eigenvalue weighted by Crippen LogP contribution is -2.18. The summed E-state index contributed by atoms with van der Waals surface area (Å²) >= 11 is -0.293. The number of aromatic amines is 1. The van der Waals surface area contributed by atoms with E-state index in [0.717, 1.165) is 35.0 Å². The average molecular weight is 432 g/mol. The van der Waals surface area contributed by atoms with Crippen molar-refractivity contribution < 1.29 is 9.15 Å². The van der Waals surface area contributed by atoms with Gasteiger partial charge in [-0.3, -0.25) is 5.10 Å². The number of allylic oxidation sites excluding steroid dienone is 1. The first-order chi connectivity index (χ1) is 11.8. The van der Waals surface area contributed by atoms with Crippen molar-refractivity contribution in [3.63, 3.8) is 0 Å². The van der Waals surface area contributed by atoms with E-state index in [1.165, 1.54) is 14.8 Å². The predicted octanol–water partition coefficient (Wildman–Crippen LogP) is 3.55. The Kier molecular flexibility index (Phi) is 3.09. The zero-order chi connectivity index (χ0) is 16.1. The first-order valence-electron chi connectivity index (χ1n) is 7.45. The largest absolute Gasteiger partial charge is 0.497 e. The van der Waals surface area contributed by atoms with Crippen LogP contribution in [0.3, 0.4) is 0 Å². The lowest BCUT2D eigenvalue weighted by molar-refractivity contribution is 0.415. The van der Waals surface area contributed by atoms with E-state index in [1.807, 2.05) is 12.3 Å². The molecule has 7 heteroatoms. The van der Waals surface area contributed by atoms with Crippen molar-refractivity contribution in [1.82, 2.24) is 15.2 Å². The molecule has 0 spiro atoms. The molecule has 3 aromatic rings. The van der Waals surface area contributed by atoms with Gasteiger partial charge in [-0.05, 0) is 18.2 Å². The summed E-state index contributed by atoms with van der Waals surface area (Å²) < 4.78 is 14.5. The lowest BCUT2D eigenvalue weighted by atomic mass is 10.1. The second-order valence-electron chi connectivity index (χ2n) is 5.50. The Morgan fingerprint density at radius 3 is 3.17 bits per heavy atom. The van der Waals surface area contributed by atoms with Gasteiger partial charge in [0.15, 0.2) is 0 Å². The minimum absolute atomic E-state index is 0.293. The molecule has 0 atom stereocenters. The van der Waals surface area contributed by atoms with Gasteiger partial charge in [0.25, 0.3) is 0 Å². The standard InChI is InChI=1S/C17H13IN4O2/c1-23-11-2-3-13-12(7-11)16-10(8-20-21-16)6-14-15(18-9-22(13)14)17-19-4-5-24-17/h2-5,7-9H,6H2,1H3,(H,20,21). The highest BCUT2D eigenvalue weighted by Gasteiger charge is 2.30. The van der Waals surface area contributed by atoms with Crippen LogP contribution in [-0.2, 0) is 6.42 Å². The summed E-state index contributed by atoms with van der Waals surface area (Å²) in [4.78, 5) is 6.65. The summed E-state index contributed by atoms with van der Waals surface area (Å²) in [5.41, 5.74) is 5.69. The monoisotopic (exact) mass is 432 g/mol. The fourth-order valence-corrected chi connectivity index (χ4v) is 5.64. The predicted molar refractivity (Wildman–Crippen MR) is 100 cm³/mol. The van der Waals surface area contributed by atoms with Gasteiger partial charge >= 0.3 is 0 Å². The molecule has 1 N–H and O–H groups in total. The maximum Gasteiger partial charge on any atom is 0.233 e. The van der Waals surface area contributed by atoms with Gasteiger partial charge in [-0.15, -0.1) is 0 Å². The minimum Gasteiger partial charge on any atom is -0.497 e. The van der Waals surface area contributed by atoms with Gasteiger partial charge < -0.3 is 14.1 Å². The third-order valence-corrected chi connectivity index (χ3v) is 6.77. The normalized spacial score (nSPS) is 15.5. The first-order valence-corrected chi connectivity index (χ1v) is 9.77. The molecule has 120 valence electrons. The van der Waals surface area contributed by atoms with Gasteiger partial charge in [-0.25, -0.2) is 4.98 Å². The van der Waals surface area contributed by atoms with E-state index in [0.29, 0.717) is 0 Å². The molecule has 4 heterocycles. The molecule has 5 rings (SSSR count). The molecule has 0 bridgehead atoms. The number of nitrogens with zero attached hydrogens (tertiary/aromatic N) is 3. The molecule has 0 fully saturated rings. The number of H-pyrrole nitrogens is 1. The number of anilines is 1. The number of aromatic nitrogens is 3. The molecule has 6 nitrogen and oxygen atoms in total. The van der Waals surface area contributed by atoms with E-state index >= 15 is 0 Å². The molecule has 0 aliphatic carbocycles. The summed E-state index contributed by atoms with van der Waals surface area (Å²) in [6.07, 6.45) is 6.04. The number of rotatable bonds is 2. The van der Waals surface area contributed by atoms with E-state index in [1.54, 1.807) is 19.6 Å². The van der Waals surface area contributed by atoms with Crippen molar-refractivity contribution in [2.75, 3.05) is 12.0 Å². The molecule has 0 amide bonds. The van der Waals surface area contributed by atoms with Crippen LogP contribution in [0.15, 0.2) is 47.0 Å². The van der Waals surface area contributed by atoms with Crippen LogP contribution in [0.5, 0.6) is 5.75 Å². The molecular weight excluding hydrogens is 419 g/mol. The van der Waals surface area contributed by atoms with Crippen LogP contribution in [0.25, 0.3) is 14.8 Å². The van der Waals surface area contributed by atoms with Crippen molar-refractivity contribution >= 4 is 34.1 Å². The Bertz CT molecular complexity index is 988. The fourth-order valence-electron chi connectivity index (χ4n) is 3.10. The summed E-state index contributed by atoms with van der Waals surface area (Å²) in [5, 5.41) is 7.40. The number of oxazole rings is 1. The summed E-state index contributed by atoms with van der Waals surface area (Å²) in [6.45, 7) is 0. The number of fused-ring (bicyclic) bond motifs is 5. The van der Waals surface area contributed by atoms with Crippen molar-refractivity contribution in [2.45, 2.75) is 6.42 Å². The van der Waals surface area contributed by atoms with Crippen LogP contribution in [0.4, 0.5) is 5.69 Å². The smallest absolute Gasteiger partial charge is 0.233 e. The van der Waals surface area contributed by atoms with Gasteiger partial charge in [0, 0.05) is 27.4 Å². The molecule has 2 aromatic heterocycles. The molecule has 2 aliphatic rings. The fraction of sp³-hybridized carbons (Fsp3) is 0.118. The molecule has 0 unspecified atom stereocenters. The summed E-state index contributed by atoms with van der Waals surface area (Å²) in [7, 11) is 1.69. The molecule has 0 radical (unpaired) electrons. The van der Waals surface area contributed by atoms with Crippen LogP contribution in [0, 0.1) is 0 Å². The SMILES string of the molecule is COc1ccc2c(c1)-c1[nH]ncc1CC1=C(c3ncco3)I=CN12. The Morgan fingerprint density at radius 1 is 1.38 bits per heavy atom. The Hall–Kier alpha value is -2.42. The molecule has 0 saturated carbocycles. The van der Waals surface area contributed by atoms with E-state index in [-0.39, 0.29) is 20.7 Å². The number of hydrogen-bond acceptors (Lipinski definition) is 5. The maximum absolute atomic E-state index is 5.57. The number of methoxy groups -OCH3 is 1. The molecule has 1 aromatic carbocycles. The highest BCUT2D eigenvalue weighted by atomic mass is 127. The van der Waals surface area contributed by atoms with Crippen molar-refractivity contribution in [2.24, 2.45) is 0 Å². The quantitative estimate of drug-likeness (QED) is 0.628. The number of benzene rings is 1. The third-order valence-electron chi connectivity index (χ3n) is 4.23. The second kappa shape index (κ2) is 5.30. The number of nitrogens with one attached hydrogen (secondary N) is 1. The van der Waals surface area contributed by atoms with Crippen LogP contribution >= 0.6 is 20.7 Å². The van der Waals surface area contributed by atoms with Gasteiger partial charge in [0.05, 0.1) is 34.5 Å². The van der Waals surface area contributed by atoms with Crippen molar-refractivity contribution in [3.8, 4) is 17.0 Å². The van der Waals surface area contributed by atoms with Gasteiger partial charge in [-0.1, -0.05) is 20.7 Å². The number of hydrogen-bond donors (Lipinski definition) is 1. The maximum atomic E-state index is 5.57. The zero-order valence-corrected chi connectivity index (χ0v) is 14.9. The highest BCUT2D eigenvalue weighted by molar-refractivity contribution is 14.2. The summed E-state index contributed by atoms with van der Waals surface area (Å²) in [6, 6.07) is 6.15. The topological polar surface area (TPSA) is 67.2 Å². The van der Waals surface area contributed by atoms with Gasteiger partial charge in [-0.2, -0.15) is 5.10 Å². The van der Waals surface area contributed by atoms with E-state index in [9.17, 15) is 0 Å². The van der Waals surface area contributed by atoms with Crippen molar-refractivity contribution in [1.29, 1.82) is 0 Å². The third kappa shape index (κ3) is 1.97. The Morgan fingerprint density at radius 2 is 2.33 bits per heavy atom. The summed E-state index contributed by atoms with van der Waals surface area (Å²) in [5.74, 6) is 1.57. The van der Waals surface area contributed by atoms with Gasteiger partial charge in [0.1, 0.15) is 12.0 Å². The molecule has 2 aliphatic heterocycles. The Balaban J connectivity index is 1.77. The van der Waals surface area contributed by atoms with E-state index < -0.39 is 0 Å². The lowest BCUT2D eigenvalue weighted by Gasteiger charge is -2.20. The average Bonchev–Trinajstić information content (AvgIpc) is 3.34. The first kappa shape index (κ1) is 14.0. The van der Waals surface area contributed by atoms with Gasteiger partial charge in [0.2, 0.25) is 5.89 Å². The minimum atomic E-state index is -0.293. The van der Waals surface area contributed by atoms with Crippen LogP contribution in [-0.4, -0.2) is 26.4 Å². The Labute approximate surface area is 147 Å². The number of halogens is 1. The highest BCUT2D eigenvalue weighted by Crippen LogP contribution is 2.46. The van der Waals surface area contributed by atoms with Crippen LogP contribution < -0.4 is 9.64 Å². The van der Waals surface area contributed by atoms with E-state index in [2.05, 4.69) is 36.3 Å². The van der Waals surface area contributed by atoms with Crippen LogP contribution in [0.2, 0.25) is 0 Å². The zero-order valence-electron chi connectivity index (χ0n) is 12.8. The van der Waals surface area contributed by atoms with E-state index in [4.69, 9.17) is 9.15 Å². The molecule has 0 saturated heterocycles. The number of ether oxygens (including phenoxy) is 1. The van der Waals surface area contributed by atoms with Crippen LogP contribution in [0.1, 0.15) is 11.5 Å². The molecular formula is C17H13IN4O2. The second-order valence-corrected chi connectivity index (χ2v) is 7.76. The molecule has 24 heavy (non-hydrogen) atoms. The van der Waals surface area contributed by atoms with Crippen molar-refractivity contribution in [3.05, 3.63) is 54.0 Å².